The molecule has 3 N–H and O–H groups in total. The Hall–Kier alpha value is -2.31. The first-order valence-corrected chi connectivity index (χ1v) is 10.1. The standard InChI is InChI=1S/C17H18N4O3S2/c1-2-6-18-13(22)7-19-14(23)9-25-8-12-20-16(24)15-10-4-3-5-11(10)26-17(15)21-12/h1H,3-9H2,(H,18,22)(H,19,23)(H,20,21,24). The summed E-state index contributed by atoms with van der Waals surface area (Å²) in [7, 11) is 0. The van der Waals surface area contributed by atoms with Crippen LogP contribution >= 0.6 is 23.1 Å². The van der Waals surface area contributed by atoms with Crippen LogP contribution in [0.25, 0.3) is 10.2 Å². The second-order valence-corrected chi connectivity index (χ2v) is 7.87. The van der Waals surface area contributed by atoms with Crippen molar-refractivity contribution in [2.45, 2.75) is 25.0 Å². The minimum absolute atomic E-state index is 0.0976. The molecule has 3 rings (SSSR count). The van der Waals surface area contributed by atoms with E-state index in [0.717, 1.165) is 35.0 Å². The maximum Gasteiger partial charge on any atom is 0.259 e. The Kier molecular flexibility index (Phi) is 5.96. The van der Waals surface area contributed by atoms with E-state index < -0.39 is 0 Å². The molecule has 0 atom stereocenters. The van der Waals surface area contributed by atoms with Crippen molar-refractivity contribution in [3.8, 4) is 12.3 Å². The van der Waals surface area contributed by atoms with E-state index in [0.29, 0.717) is 11.6 Å². The molecular formula is C17H18N4O3S2. The molecule has 0 spiro atoms. The van der Waals surface area contributed by atoms with E-state index in [4.69, 9.17) is 6.42 Å². The largest absolute Gasteiger partial charge is 0.346 e. The van der Waals surface area contributed by atoms with Gasteiger partial charge in [0.15, 0.2) is 0 Å². The number of hydrogen-bond donors (Lipinski definition) is 3. The molecule has 2 aromatic heterocycles. The van der Waals surface area contributed by atoms with Gasteiger partial charge in [-0.2, -0.15) is 0 Å². The molecular weight excluding hydrogens is 372 g/mol. The Bertz CT molecular complexity index is 942. The van der Waals surface area contributed by atoms with Crippen molar-refractivity contribution >= 4 is 45.1 Å². The zero-order valence-corrected chi connectivity index (χ0v) is 15.6. The maximum atomic E-state index is 12.3. The van der Waals surface area contributed by atoms with Crippen LogP contribution < -0.4 is 16.2 Å². The molecule has 0 unspecified atom stereocenters. The van der Waals surface area contributed by atoms with E-state index >= 15 is 0 Å². The molecule has 0 aliphatic heterocycles. The number of H-pyrrole nitrogens is 1. The second-order valence-electron chi connectivity index (χ2n) is 5.80. The number of aromatic nitrogens is 2. The van der Waals surface area contributed by atoms with E-state index in [1.54, 1.807) is 11.3 Å². The lowest BCUT2D eigenvalue weighted by Gasteiger charge is -2.05. The lowest BCUT2D eigenvalue weighted by Crippen LogP contribution is -2.37. The van der Waals surface area contributed by atoms with Crippen LogP contribution in [0.3, 0.4) is 0 Å². The van der Waals surface area contributed by atoms with Gasteiger partial charge in [0.05, 0.1) is 30.0 Å². The zero-order chi connectivity index (χ0) is 18.5. The van der Waals surface area contributed by atoms with E-state index in [9.17, 15) is 14.4 Å². The first kappa shape index (κ1) is 18.5. The Morgan fingerprint density at radius 3 is 2.96 bits per heavy atom. The smallest absolute Gasteiger partial charge is 0.259 e. The van der Waals surface area contributed by atoms with Gasteiger partial charge >= 0.3 is 0 Å². The third-order valence-corrected chi connectivity index (χ3v) is 6.06. The fourth-order valence-corrected chi connectivity index (χ4v) is 4.80. The number of aryl methyl sites for hydroxylation is 2. The average Bonchev–Trinajstić information content (AvgIpc) is 3.18. The van der Waals surface area contributed by atoms with Gasteiger partial charge in [-0.15, -0.1) is 29.5 Å². The average molecular weight is 390 g/mol. The van der Waals surface area contributed by atoms with Gasteiger partial charge in [0.1, 0.15) is 10.7 Å². The van der Waals surface area contributed by atoms with Crippen molar-refractivity contribution in [3.05, 3.63) is 26.6 Å². The monoisotopic (exact) mass is 390 g/mol. The highest BCUT2D eigenvalue weighted by Crippen LogP contribution is 2.34. The normalized spacial score (nSPS) is 12.6. The highest BCUT2D eigenvalue weighted by atomic mass is 32.2. The molecule has 1 aliphatic carbocycles. The number of hydrogen-bond acceptors (Lipinski definition) is 6. The molecule has 9 heteroatoms. The van der Waals surface area contributed by atoms with Gasteiger partial charge < -0.3 is 15.6 Å². The third-order valence-electron chi connectivity index (χ3n) is 3.93. The lowest BCUT2D eigenvalue weighted by atomic mass is 10.2. The number of carbonyl (C=O) groups excluding carboxylic acids is 2. The predicted octanol–water partition coefficient (Wildman–Crippen LogP) is 0.572. The van der Waals surface area contributed by atoms with Crippen molar-refractivity contribution in [1.82, 2.24) is 20.6 Å². The molecule has 2 heterocycles. The van der Waals surface area contributed by atoms with Gasteiger partial charge in [0.2, 0.25) is 11.8 Å². The lowest BCUT2D eigenvalue weighted by molar-refractivity contribution is -0.124. The first-order chi connectivity index (χ1) is 12.6. The van der Waals surface area contributed by atoms with Gasteiger partial charge in [-0.3, -0.25) is 14.4 Å². The summed E-state index contributed by atoms with van der Waals surface area (Å²) in [5.74, 6) is 2.85. The number of rotatable bonds is 7. The summed E-state index contributed by atoms with van der Waals surface area (Å²) in [5, 5.41) is 5.71. The van der Waals surface area contributed by atoms with Crippen molar-refractivity contribution in [2.24, 2.45) is 0 Å². The van der Waals surface area contributed by atoms with Crippen molar-refractivity contribution in [1.29, 1.82) is 0 Å². The number of fused-ring (bicyclic) bond motifs is 3. The Morgan fingerprint density at radius 2 is 2.15 bits per heavy atom. The van der Waals surface area contributed by atoms with E-state index in [-0.39, 0.29) is 36.2 Å². The van der Waals surface area contributed by atoms with Crippen LogP contribution in [-0.2, 0) is 28.2 Å². The summed E-state index contributed by atoms with van der Waals surface area (Å²) >= 11 is 2.92. The van der Waals surface area contributed by atoms with Crippen LogP contribution in [0.4, 0.5) is 0 Å². The van der Waals surface area contributed by atoms with Gasteiger partial charge in [-0.25, -0.2) is 4.98 Å². The number of carbonyl (C=O) groups is 2. The van der Waals surface area contributed by atoms with E-state index in [1.165, 1.54) is 16.6 Å². The highest BCUT2D eigenvalue weighted by molar-refractivity contribution is 7.99. The first-order valence-electron chi connectivity index (χ1n) is 8.16. The molecule has 1 aliphatic rings. The number of nitrogens with zero attached hydrogens (tertiary/aromatic N) is 1. The number of thiophene rings is 1. The van der Waals surface area contributed by atoms with Gasteiger partial charge in [0, 0.05) is 4.88 Å². The number of amides is 2. The highest BCUT2D eigenvalue weighted by Gasteiger charge is 2.21. The molecule has 136 valence electrons. The maximum absolute atomic E-state index is 12.3. The van der Waals surface area contributed by atoms with Gasteiger partial charge in [-0.05, 0) is 24.8 Å². The molecule has 0 bridgehead atoms. The van der Waals surface area contributed by atoms with Crippen LogP contribution in [0.2, 0.25) is 0 Å². The Labute approximate surface area is 158 Å². The van der Waals surface area contributed by atoms with E-state index in [2.05, 4.69) is 26.5 Å². The van der Waals surface area contributed by atoms with Gasteiger partial charge in [0.25, 0.3) is 5.56 Å². The van der Waals surface area contributed by atoms with Crippen LogP contribution in [-0.4, -0.2) is 40.6 Å². The number of terminal acetylenes is 1. The number of thioether (sulfide) groups is 1. The summed E-state index contributed by atoms with van der Waals surface area (Å²) in [6.07, 6.45) is 8.11. The van der Waals surface area contributed by atoms with E-state index in [1.807, 2.05) is 0 Å². The summed E-state index contributed by atoms with van der Waals surface area (Å²) in [4.78, 5) is 44.8. The zero-order valence-electron chi connectivity index (χ0n) is 14.0. The summed E-state index contributed by atoms with van der Waals surface area (Å²) in [5.41, 5.74) is 1.06. The van der Waals surface area contributed by atoms with Crippen LogP contribution in [0.1, 0.15) is 22.7 Å². The summed E-state index contributed by atoms with van der Waals surface area (Å²) < 4.78 is 0. The summed E-state index contributed by atoms with van der Waals surface area (Å²) in [6, 6.07) is 0. The van der Waals surface area contributed by atoms with Crippen molar-refractivity contribution in [3.63, 3.8) is 0 Å². The van der Waals surface area contributed by atoms with Gasteiger partial charge in [-0.1, -0.05) is 5.92 Å². The minimum atomic E-state index is -0.330. The molecule has 2 amide bonds. The number of aromatic amines is 1. The Morgan fingerprint density at radius 1 is 1.31 bits per heavy atom. The molecule has 7 nitrogen and oxygen atoms in total. The van der Waals surface area contributed by atoms with Crippen LogP contribution in [0.5, 0.6) is 0 Å². The Balaban J connectivity index is 1.51. The molecule has 0 aromatic carbocycles. The topological polar surface area (TPSA) is 104 Å². The molecule has 2 aromatic rings. The molecule has 26 heavy (non-hydrogen) atoms. The third kappa shape index (κ3) is 4.26. The molecule has 0 saturated carbocycles. The van der Waals surface area contributed by atoms with Crippen molar-refractivity contribution in [2.75, 3.05) is 18.8 Å². The SMILES string of the molecule is C#CCNC(=O)CNC(=O)CSCc1nc2sc3c(c2c(=O)[nH]1)CCC3. The van der Waals surface area contributed by atoms with Crippen LogP contribution in [0, 0.1) is 12.3 Å². The second kappa shape index (κ2) is 8.38. The quantitative estimate of drug-likeness (QED) is 0.600. The molecule has 0 saturated heterocycles. The van der Waals surface area contributed by atoms with Crippen LogP contribution in [0.15, 0.2) is 4.79 Å². The molecule has 0 radical (unpaired) electrons. The molecule has 0 fully saturated rings. The fourth-order valence-electron chi connectivity index (χ4n) is 2.80. The fraction of sp³-hybridized carbons (Fsp3) is 0.412. The number of nitrogens with one attached hydrogen (secondary N) is 3. The predicted molar refractivity (Wildman–Crippen MR) is 103 cm³/mol. The summed E-state index contributed by atoms with van der Waals surface area (Å²) in [6.45, 7) is 0.0278. The minimum Gasteiger partial charge on any atom is -0.346 e. The van der Waals surface area contributed by atoms with Crippen molar-refractivity contribution < 1.29 is 9.59 Å².